The topological polar surface area (TPSA) is 98.0 Å². The van der Waals surface area contributed by atoms with Crippen molar-refractivity contribution in [2.24, 2.45) is 15.4 Å². The molecule has 3 heterocycles. The van der Waals surface area contributed by atoms with Gasteiger partial charge in [-0.1, -0.05) is 92.9 Å². The van der Waals surface area contributed by atoms with Crippen molar-refractivity contribution >= 4 is 68.3 Å². The molecule has 3 atom stereocenters. The molecule has 3 aromatic carbocycles. The highest BCUT2D eigenvalue weighted by Gasteiger charge is 2.56. The van der Waals surface area contributed by atoms with E-state index in [1.165, 1.54) is 10.0 Å². The third kappa shape index (κ3) is 4.52. The number of anilines is 1. The lowest BCUT2D eigenvalue weighted by atomic mass is 9.98. The number of halogens is 3. The Bertz CT molecular complexity index is 1530. The number of imide groups is 1. The molecule has 12 heteroatoms. The summed E-state index contributed by atoms with van der Waals surface area (Å²) in [6.07, 6.45) is 0.515. The predicted molar refractivity (Wildman–Crippen MR) is 149 cm³/mol. The molecule has 1 saturated heterocycles. The van der Waals surface area contributed by atoms with Crippen molar-refractivity contribution < 1.29 is 14.4 Å². The predicted octanol–water partition coefficient (Wildman–Crippen LogP) is 5.43. The molecular weight excluding hydrogens is 607 g/mol. The Kier molecular flexibility index (Phi) is 6.70. The van der Waals surface area contributed by atoms with E-state index in [0.717, 1.165) is 26.2 Å². The maximum atomic E-state index is 13.7. The Morgan fingerprint density at radius 2 is 1.62 bits per heavy atom. The number of fused-ring (bicyclic) bond motifs is 1. The second-order valence-corrected chi connectivity index (χ2v) is 10.9. The fraction of sp³-hybridized carbons (Fsp3) is 0.185. The quantitative estimate of drug-likeness (QED) is 0.353. The second kappa shape index (κ2) is 10.2. The molecule has 3 amide bonds. The lowest BCUT2D eigenvalue weighted by Crippen LogP contribution is -2.44. The van der Waals surface area contributed by atoms with Crippen LogP contribution in [0.1, 0.15) is 23.6 Å². The molecule has 1 fully saturated rings. The minimum absolute atomic E-state index is 0.0964. The molecule has 0 aliphatic carbocycles. The standard InChI is InChI=1S/C27H19BrCl2N6O3/c28-17-11-9-15(10-12-17)20-13-21(16-5-2-1-3-6-16)36(32-20)22(37)14-34-25-23(31-33-34)26(38)35(27(25)39)24-18(29)7-4-8-19(24)30/h1-12,21,23,25H,13-14H2/t21-,23-,25-/m0/s1. The fourth-order valence-electron chi connectivity index (χ4n) is 4.98. The summed E-state index contributed by atoms with van der Waals surface area (Å²) in [6.45, 7) is -0.297. The number of benzene rings is 3. The molecule has 6 rings (SSSR count). The van der Waals surface area contributed by atoms with Crippen molar-refractivity contribution in [3.8, 4) is 0 Å². The van der Waals surface area contributed by atoms with E-state index in [9.17, 15) is 14.4 Å². The monoisotopic (exact) mass is 624 g/mol. The Morgan fingerprint density at radius 3 is 2.31 bits per heavy atom. The van der Waals surface area contributed by atoms with E-state index >= 15 is 0 Å². The Balaban J connectivity index is 1.27. The van der Waals surface area contributed by atoms with Gasteiger partial charge in [0, 0.05) is 10.9 Å². The van der Waals surface area contributed by atoms with Crippen LogP contribution in [0, 0.1) is 0 Å². The normalized spacial score (nSPS) is 22.1. The smallest absolute Gasteiger partial charge is 0.264 e. The highest BCUT2D eigenvalue weighted by Crippen LogP contribution is 2.40. The first-order chi connectivity index (χ1) is 18.8. The Labute approximate surface area is 241 Å². The number of hydrazone groups is 1. The zero-order chi connectivity index (χ0) is 27.3. The first-order valence-electron chi connectivity index (χ1n) is 12.0. The molecule has 0 aromatic heterocycles. The van der Waals surface area contributed by atoms with Gasteiger partial charge in [0.2, 0.25) is 0 Å². The van der Waals surface area contributed by atoms with Crippen LogP contribution < -0.4 is 4.90 Å². The van der Waals surface area contributed by atoms with E-state index in [1.807, 2.05) is 54.6 Å². The number of carbonyl (C=O) groups is 3. The molecule has 3 aliphatic rings. The third-order valence-electron chi connectivity index (χ3n) is 6.84. The van der Waals surface area contributed by atoms with Crippen LogP contribution in [0.2, 0.25) is 10.0 Å². The van der Waals surface area contributed by atoms with Crippen LogP contribution in [0.25, 0.3) is 0 Å². The summed E-state index contributed by atoms with van der Waals surface area (Å²) < 4.78 is 0.939. The van der Waals surface area contributed by atoms with E-state index in [2.05, 4.69) is 31.4 Å². The van der Waals surface area contributed by atoms with Gasteiger partial charge in [-0.05, 0) is 35.4 Å². The van der Waals surface area contributed by atoms with Gasteiger partial charge in [-0.25, -0.2) is 9.91 Å². The van der Waals surface area contributed by atoms with E-state index in [-0.39, 0.29) is 34.2 Å². The van der Waals surface area contributed by atoms with Crippen molar-refractivity contribution in [1.29, 1.82) is 0 Å². The van der Waals surface area contributed by atoms with Gasteiger partial charge in [0.05, 0.1) is 27.5 Å². The minimum Gasteiger partial charge on any atom is -0.271 e. The van der Waals surface area contributed by atoms with Gasteiger partial charge < -0.3 is 0 Å². The summed E-state index contributed by atoms with van der Waals surface area (Å²) in [5.41, 5.74) is 2.69. The van der Waals surface area contributed by atoms with Crippen molar-refractivity contribution in [3.05, 3.63) is 98.4 Å². The van der Waals surface area contributed by atoms with Crippen LogP contribution in [0.15, 0.2) is 92.7 Å². The van der Waals surface area contributed by atoms with Gasteiger partial charge in [0.25, 0.3) is 17.7 Å². The van der Waals surface area contributed by atoms with Crippen LogP contribution >= 0.6 is 39.1 Å². The number of hydrogen-bond donors (Lipinski definition) is 0. The maximum absolute atomic E-state index is 13.7. The number of rotatable bonds is 5. The van der Waals surface area contributed by atoms with Crippen molar-refractivity contribution in [2.45, 2.75) is 24.5 Å². The first kappa shape index (κ1) is 25.7. The summed E-state index contributed by atoms with van der Waals surface area (Å²) in [5, 5.41) is 15.7. The lowest BCUT2D eigenvalue weighted by Gasteiger charge is -2.25. The fourth-order valence-corrected chi connectivity index (χ4v) is 5.81. The number of para-hydroxylation sites is 1. The molecule has 3 aliphatic heterocycles. The first-order valence-corrected chi connectivity index (χ1v) is 13.6. The largest absolute Gasteiger partial charge is 0.271 e. The molecule has 0 radical (unpaired) electrons. The van der Waals surface area contributed by atoms with Crippen LogP contribution in [0.4, 0.5) is 5.69 Å². The Morgan fingerprint density at radius 1 is 0.923 bits per heavy atom. The van der Waals surface area contributed by atoms with Gasteiger partial charge in [-0.3, -0.25) is 19.4 Å². The van der Waals surface area contributed by atoms with Gasteiger partial charge in [-0.2, -0.15) is 10.2 Å². The summed E-state index contributed by atoms with van der Waals surface area (Å²) in [7, 11) is 0. The molecule has 9 nitrogen and oxygen atoms in total. The van der Waals surface area contributed by atoms with E-state index in [4.69, 9.17) is 23.2 Å². The highest BCUT2D eigenvalue weighted by atomic mass is 79.9. The molecule has 0 N–H and O–H groups in total. The zero-order valence-corrected chi connectivity index (χ0v) is 23.2. The van der Waals surface area contributed by atoms with Crippen LogP contribution in [-0.4, -0.2) is 52.1 Å². The highest BCUT2D eigenvalue weighted by molar-refractivity contribution is 9.10. The van der Waals surface area contributed by atoms with Gasteiger partial charge in [0.1, 0.15) is 6.54 Å². The number of carbonyl (C=O) groups excluding carboxylic acids is 3. The summed E-state index contributed by atoms with van der Waals surface area (Å²) in [6, 6.07) is 19.5. The maximum Gasteiger partial charge on any atom is 0.264 e. The molecule has 196 valence electrons. The SMILES string of the molecule is O=C1[C@H]2N=NN(CC(=O)N3N=C(c4ccc(Br)cc4)C[C@H]3c3ccccc3)[C@@H]2C(=O)N1c1c(Cl)cccc1Cl. The van der Waals surface area contributed by atoms with Gasteiger partial charge >= 0.3 is 0 Å². The summed E-state index contributed by atoms with van der Waals surface area (Å²) in [4.78, 5) is 41.2. The molecule has 0 spiro atoms. The average molecular weight is 626 g/mol. The lowest BCUT2D eigenvalue weighted by molar-refractivity contribution is -0.135. The van der Waals surface area contributed by atoms with E-state index in [1.54, 1.807) is 18.2 Å². The third-order valence-corrected chi connectivity index (χ3v) is 7.98. The molecule has 0 saturated carbocycles. The zero-order valence-electron chi connectivity index (χ0n) is 20.1. The van der Waals surface area contributed by atoms with Gasteiger partial charge in [0.15, 0.2) is 12.1 Å². The van der Waals surface area contributed by atoms with Crippen molar-refractivity contribution in [3.63, 3.8) is 0 Å². The Hall–Kier alpha value is -3.60. The van der Waals surface area contributed by atoms with Crippen LogP contribution in [0.5, 0.6) is 0 Å². The second-order valence-electron chi connectivity index (χ2n) is 9.20. The van der Waals surface area contributed by atoms with E-state index in [0.29, 0.717) is 6.42 Å². The van der Waals surface area contributed by atoms with Gasteiger partial charge in [-0.15, -0.1) is 0 Å². The van der Waals surface area contributed by atoms with Crippen LogP contribution in [-0.2, 0) is 14.4 Å². The minimum atomic E-state index is -1.09. The van der Waals surface area contributed by atoms with Crippen LogP contribution in [0.3, 0.4) is 0 Å². The molecule has 3 aromatic rings. The number of nitrogens with zero attached hydrogens (tertiary/aromatic N) is 6. The molecule has 39 heavy (non-hydrogen) atoms. The average Bonchev–Trinajstić information content (AvgIpc) is 3.62. The van der Waals surface area contributed by atoms with Crippen molar-refractivity contribution in [1.82, 2.24) is 10.0 Å². The number of amides is 3. The molecular formula is C27H19BrCl2N6O3. The summed E-state index contributed by atoms with van der Waals surface area (Å²) in [5.74, 6) is -1.58. The van der Waals surface area contributed by atoms with Crippen molar-refractivity contribution in [2.75, 3.05) is 11.4 Å². The molecule has 0 unspecified atom stereocenters. The number of hydrogen-bond acceptors (Lipinski definition) is 7. The van der Waals surface area contributed by atoms with E-state index < -0.39 is 23.9 Å². The molecule has 0 bridgehead atoms. The summed E-state index contributed by atoms with van der Waals surface area (Å²) >= 11 is 16.0.